The van der Waals surface area contributed by atoms with E-state index in [0.29, 0.717) is 5.75 Å². The van der Waals surface area contributed by atoms with Gasteiger partial charge in [-0.15, -0.1) is 0 Å². The molecule has 51 heavy (non-hydrogen) atoms. The molecule has 0 unspecified atom stereocenters. The quantitative estimate of drug-likeness (QED) is 0.203. The SMILES string of the molecule is CC(C)(C)c1ccnc(-n2c3ccccc3c3ccc(-n4c5ccccc5c5ccc(-c6cc(C(C)(C)C)cc(C(C)(C)C)c6O)nc54)cc32)c1. The summed E-state index contributed by atoms with van der Waals surface area (Å²) in [6.07, 6.45) is 1.92. The number of hydrogen-bond acceptors (Lipinski definition) is 3. The number of aromatic hydroxyl groups is 1. The van der Waals surface area contributed by atoms with Gasteiger partial charge in [-0.2, -0.15) is 0 Å². The smallest absolute Gasteiger partial charge is 0.146 e. The van der Waals surface area contributed by atoms with E-state index in [0.717, 1.165) is 61.3 Å². The van der Waals surface area contributed by atoms with Gasteiger partial charge in [0.2, 0.25) is 0 Å². The summed E-state index contributed by atoms with van der Waals surface area (Å²) in [6.45, 7) is 19.8. The van der Waals surface area contributed by atoms with E-state index >= 15 is 0 Å². The van der Waals surface area contributed by atoms with Crippen molar-refractivity contribution in [1.29, 1.82) is 0 Å². The number of aromatic nitrogens is 4. The van der Waals surface area contributed by atoms with Crippen LogP contribution in [0.25, 0.3) is 66.5 Å². The van der Waals surface area contributed by atoms with Crippen molar-refractivity contribution in [2.24, 2.45) is 0 Å². The highest BCUT2D eigenvalue weighted by molar-refractivity contribution is 6.11. The molecule has 0 amide bonds. The van der Waals surface area contributed by atoms with Crippen molar-refractivity contribution >= 4 is 43.7 Å². The molecule has 8 rings (SSSR count). The van der Waals surface area contributed by atoms with Crippen LogP contribution in [0.4, 0.5) is 0 Å². The molecule has 0 aliphatic rings. The molecule has 0 aliphatic carbocycles. The zero-order valence-corrected chi connectivity index (χ0v) is 31.1. The molecule has 0 radical (unpaired) electrons. The van der Waals surface area contributed by atoms with E-state index in [-0.39, 0.29) is 16.2 Å². The highest BCUT2D eigenvalue weighted by Crippen LogP contribution is 2.43. The third-order valence-corrected chi connectivity index (χ3v) is 10.3. The highest BCUT2D eigenvalue weighted by Gasteiger charge is 2.27. The van der Waals surface area contributed by atoms with Crippen LogP contribution in [0.1, 0.15) is 79.0 Å². The molecule has 8 aromatic rings. The van der Waals surface area contributed by atoms with Gasteiger partial charge in [-0.1, -0.05) is 111 Å². The molecule has 0 saturated heterocycles. The Labute approximate surface area is 300 Å². The lowest BCUT2D eigenvalue weighted by molar-refractivity contribution is 0.446. The normalized spacial score (nSPS) is 12.9. The summed E-state index contributed by atoms with van der Waals surface area (Å²) in [5.74, 6) is 1.19. The molecule has 5 heteroatoms. The minimum Gasteiger partial charge on any atom is -0.507 e. The Morgan fingerprint density at radius 2 is 1.14 bits per heavy atom. The van der Waals surface area contributed by atoms with Gasteiger partial charge in [0.15, 0.2) is 0 Å². The van der Waals surface area contributed by atoms with Gasteiger partial charge in [-0.25, -0.2) is 9.97 Å². The standard InChI is InChI=1S/C46H46N4O/c1-44(2,3)28-22-23-47-41(26-28)50-39-17-13-10-14-31(39)33-19-18-30(27-40(33)50)49-38-16-12-11-15-32(38)34-20-21-37(48-43(34)49)35-24-29(45(4,5)6)25-36(42(35)51)46(7,8)9/h10-27,51H,1-9H3. The Hall–Kier alpha value is -5.42. The van der Waals surface area contributed by atoms with E-state index in [1.54, 1.807) is 0 Å². The van der Waals surface area contributed by atoms with E-state index in [9.17, 15) is 5.11 Å². The van der Waals surface area contributed by atoms with Crippen LogP contribution in [0.2, 0.25) is 0 Å². The molecule has 0 atom stereocenters. The molecule has 256 valence electrons. The molecule has 0 bridgehead atoms. The van der Waals surface area contributed by atoms with Crippen molar-refractivity contribution in [2.75, 3.05) is 0 Å². The van der Waals surface area contributed by atoms with Crippen LogP contribution in [0.3, 0.4) is 0 Å². The lowest BCUT2D eigenvalue weighted by Crippen LogP contribution is -2.17. The van der Waals surface area contributed by atoms with Crippen molar-refractivity contribution in [1.82, 2.24) is 19.1 Å². The topological polar surface area (TPSA) is 55.9 Å². The number of nitrogens with zero attached hydrogens (tertiary/aromatic N) is 4. The molecule has 1 N–H and O–H groups in total. The fourth-order valence-corrected chi connectivity index (χ4v) is 7.44. The minimum absolute atomic E-state index is 0.0115. The first-order chi connectivity index (χ1) is 24.1. The molecule has 0 saturated carbocycles. The number of para-hydroxylation sites is 2. The van der Waals surface area contributed by atoms with Gasteiger partial charge in [0.05, 0.1) is 22.2 Å². The zero-order valence-electron chi connectivity index (χ0n) is 31.1. The van der Waals surface area contributed by atoms with Crippen LogP contribution in [0.15, 0.2) is 109 Å². The van der Waals surface area contributed by atoms with Crippen molar-refractivity contribution in [2.45, 2.75) is 78.6 Å². The van der Waals surface area contributed by atoms with Crippen molar-refractivity contribution in [3.63, 3.8) is 0 Å². The molecule has 4 aromatic heterocycles. The number of phenolic OH excluding ortho intramolecular Hbond substituents is 1. The minimum atomic E-state index is -0.242. The number of benzene rings is 4. The van der Waals surface area contributed by atoms with Crippen LogP contribution in [0.5, 0.6) is 5.75 Å². The van der Waals surface area contributed by atoms with Crippen LogP contribution < -0.4 is 0 Å². The molecule has 4 heterocycles. The van der Waals surface area contributed by atoms with E-state index < -0.39 is 0 Å². The molecule has 0 aliphatic heterocycles. The summed E-state index contributed by atoms with van der Waals surface area (Å²) in [6, 6.07) is 36.6. The van der Waals surface area contributed by atoms with E-state index in [4.69, 9.17) is 9.97 Å². The van der Waals surface area contributed by atoms with Crippen LogP contribution in [0, 0.1) is 0 Å². The predicted octanol–water partition coefficient (Wildman–Crippen LogP) is 11.9. The van der Waals surface area contributed by atoms with E-state index in [1.807, 2.05) is 6.20 Å². The number of rotatable bonds is 3. The Morgan fingerprint density at radius 3 is 1.80 bits per heavy atom. The maximum atomic E-state index is 11.8. The Kier molecular flexibility index (Phi) is 7.26. The Balaban J connectivity index is 1.41. The third-order valence-electron chi connectivity index (χ3n) is 10.3. The van der Waals surface area contributed by atoms with Crippen molar-refractivity contribution in [3.05, 3.63) is 126 Å². The van der Waals surface area contributed by atoms with Gasteiger partial charge in [0, 0.05) is 44.6 Å². The zero-order chi connectivity index (χ0) is 36.0. The number of phenols is 1. The maximum absolute atomic E-state index is 11.8. The second kappa shape index (κ2) is 11.3. The third kappa shape index (κ3) is 5.38. The fraction of sp³-hybridized carbons (Fsp3) is 0.261. The maximum Gasteiger partial charge on any atom is 0.146 e. The molecule has 0 spiro atoms. The van der Waals surface area contributed by atoms with E-state index in [1.165, 1.54) is 21.9 Å². The summed E-state index contributed by atoms with van der Waals surface area (Å²) >= 11 is 0. The molecular formula is C46H46N4O. The first-order valence-electron chi connectivity index (χ1n) is 17.9. The van der Waals surface area contributed by atoms with Gasteiger partial charge >= 0.3 is 0 Å². The second-order valence-corrected chi connectivity index (χ2v) is 17.0. The first kappa shape index (κ1) is 32.8. The average molecular weight is 671 g/mol. The van der Waals surface area contributed by atoms with Crippen LogP contribution in [-0.4, -0.2) is 24.2 Å². The lowest BCUT2D eigenvalue weighted by Gasteiger charge is -2.27. The van der Waals surface area contributed by atoms with Crippen molar-refractivity contribution in [3.8, 4) is 28.5 Å². The van der Waals surface area contributed by atoms with Gasteiger partial charge in [-0.3, -0.25) is 9.13 Å². The number of fused-ring (bicyclic) bond motifs is 6. The fourth-order valence-electron chi connectivity index (χ4n) is 7.44. The largest absolute Gasteiger partial charge is 0.507 e. The monoisotopic (exact) mass is 670 g/mol. The van der Waals surface area contributed by atoms with Gasteiger partial charge in [0.25, 0.3) is 0 Å². The summed E-state index contributed by atoms with van der Waals surface area (Å²) in [5.41, 5.74) is 9.63. The summed E-state index contributed by atoms with van der Waals surface area (Å²) in [4.78, 5) is 10.3. The Morgan fingerprint density at radius 1 is 0.529 bits per heavy atom. The van der Waals surface area contributed by atoms with Crippen LogP contribution in [-0.2, 0) is 16.2 Å². The lowest BCUT2D eigenvalue weighted by atomic mass is 9.78. The molecule has 5 nitrogen and oxygen atoms in total. The molecule has 0 fully saturated rings. The number of pyridine rings is 2. The predicted molar refractivity (Wildman–Crippen MR) is 214 cm³/mol. The second-order valence-electron chi connectivity index (χ2n) is 17.0. The Bertz CT molecular complexity index is 2650. The molecular weight excluding hydrogens is 625 g/mol. The van der Waals surface area contributed by atoms with Crippen LogP contribution >= 0.6 is 0 Å². The number of hydrogen-bond donors (Lipinski definition) is 1. The van der Waals surface area contributed by atoms with Gasteiger partial charge in [0.1, 0.15) is 17.2 Å². The summed E-state index contributed by atoms with van der Waals surface area (Å²) < 4.78 is 4.56. The van der Waals surface area contributed by atoms with Gasteiger partial charge in [-0.05, 0) is 82.0 Å². The van der Waals surface area contributed by atoms with E-state index in [2.05, 4.69) is 175 Å². The summed E-state index contributed by atoms with van der Waals surface area (Å²) in [7, 11) is 0. The van der Waals surface area contributed by atoms with Crippen molar-refractivity contribution < 1.29 is 5.11 Å². The molecule has 4 aromatic carbocycles. The van der Waals surface area contributed by atoms with Gasteiger partial charge < -0.3 is 5.11 Å². The highest BCUT2D eigenvalue weighted by atomic mass is 16.3. The first-order valence-corrected chi connectivity index (χ1v) is 17.9. The average Bonchev–Trinajstić information content (AvgIpc) is 3.59. The summed E-state index contributed by atoms with van der Waals surface area (Å²) in [5, 5.41) is 16.4.